The second-order valence-corrected chi connectivity index (χ2v) is 8.00. The molecule has 10 heteroatoms. The van der Waals surface area contributed by atoms with Crippen LogP contribution in [0.3, 0.4) is 0 Å². The molecule has 0 unspecified atom stereocenters. The number of aromatic nitrogens is 5. The van der Waals surface area contributed by atoms with Gasteiger partial charge in [0.25, 0.3) is 5.56 Å². The van der Waals surface area contributed by atoms with E-state index in [4.69, 9.17) is 4.52 Å². The fourth-order valence-corrected chi connectivity index (χ4v) is 3.62. The van der Waals surface area contributed by atoms with E-state index >= 15 is 0 Å². The predicted molar refractivity (Wildman–Crippen MR) is 131 cm³/mol. The molecule has 2 aromatic heterocycles. The van der Waals surface area contributed by atoms with Gasteiger partial charge in [0.2, 0.25) is 17.6 Å². The van der Waals surface area contributed by atoms with E-state index < -0.39 is 11.2 Å². The van der Waals surface area contributed by atoms with Crippen molar-refractivity contribution >= 4 is 11.6 Å². The molecule has 0 aliphatic heterocycles. The molecule has 4 rings (SSSR count). The number of nitrogens with zero attached hydrogens (tertiary/aromatic N) is 5. The van der Waals surface area contributed by atoms with Crippen LogP contribution < -0.4 is 16.6 Å². The molecule has 0 radical (unpaired) electrons. The van der Waals surface area contributed by atoms with Gasteiger partial charge in [0, 0.05) is 25.1 Å². The number of aryl methyl sites for hydroxylation is 3. The third-order valence-corrected chi connectivity index (χ3v) is 5.57. The van der Waals surface area contributed by atoms with Gasteiger partial charge < -0.3 is 9.84 Å². The van der Waals surface area contributed by atoms with E-state index in [-0.39, 0.29) is 42.7 Å². The van der Waals surface area contributed by atoms with Crippen molar-refractivity contribution in [1.29, 1.82) is 0 Å². The molecule has 0 aliphatic carbocycles. The summed E-state index contributed by atoms with van der Waals surface area (Å²) >= 11 is 0. The first-order valence-electron chi connectivity index (χ1n) is 11.4. The molecule has 0 bridgehead atoms. The van der Waals surface area contributed by atoms with Crippen LogP contribution in [0.25, 0.3) is 17.2 Å². The Balaban J connectivity index is 1.56. The van der Waals surface area contributed by atoms with Gasteiger partial charge in [-0.2, -0.15) is 14.8 Å². The highest BCUT2D eigenvalue weighted by molar-refractivity contribution is 5.91. The van der Waals surface area contributed by atoms with Crippen molar-refractivity contribution in [2.75, 3.05) is 5.32 Å². The monoisotopic (exact) mass is 474 g/mol. The number of rotatable bonds is 8. The van der Waals surface area contributed by atoms with Gasteiger partial charge in [0.15, 0.2) is 5.69 Å². The smallest absolute Gasteiger partial charge is 0.339 e. The van der Waals surface area contributed by atoms with Crippen LogP contribution in [0.5, 0.6) is 0 Å². The van der Waals surface area contributed by atoms with Gasteiger partial charge in [-0.1, -0.05) is 48.0 Å². The summed E-state index contributed by atoms with van der Waals surface area (Å²) in [5.74, 6) is -0.0360. The molecule has 0 atom stereocenters. The van der Waals surface area contributed by atoms with Crippen molar-refractivity contribution in [2.24, 2.45) is 0 Å². The largest absolute Gasteiger partial charge is 0.352 e. The van der Waals surface area contributed by atoms with E-state index in [1.807, 2.05) is 50.2 Å². The average Bonchev–Trinajstić information content (AvgIpc) is 3.33. The van der Waals surface area contributed by atoms with Crippen LogP contribution in [0, 0.1) is 6.92 Å². The van der Waals surface area contributed by atoms with Crippen molar-refractivity contribution in [1.82, 2.24) is 24.5 Å². The molecule has 1 N–H and O–H groups in total. The van der Waals surface area contributed by atoms with Crippen molar-refractivity contribution in [2.45, 2.75) is 46.6 Å². The highest BCUT2D eigenvalue weighted by Crippen LogP contribution is 2.16. The molecule has 1 amide bonds. The summed E-state index contributed by atoms with van der Waals surface area (Å²) in [6.07, 6.45) is 1.11. The predicted octanol–water partition coefficient (Wildman–Crippen LogP) is 2.91. The minimum absolute atomic E-state index is 0.0372. The summed E-state index contributed by atoms with van der Waals surface area (Å²) < 4.78 is 7.48. The van der Waals surface area contributed by atoms with E-state index in [2.05, 4.69) is 20.6 Å². The second kappa shape index (κ2) is 10.3. The first-order valence-corrected chi connectivity index (χ1v) is 11.4. The Morgan fingerprint density at radius 2 is 1.80 bits per heavy atom. The maximum atomic E-state index is 12.9. The number of hydrogen-bond donors (Lipinski definition) is 1. The summed E-state index contributed by atoms with van der Waals surface area (Å²) in [5.41, 5.74) is 2.08. The van der Waals surface area contributed by atoms with Gasteiger partial charge >= 0.3 is 5.69 Å². The number of nitrogens with one attached hydrogen (secondary N) is 1. The van der Waals surface area contributed by atoms with Crippen molar-refractivity contribution in [3.8, 4) is 17.2 Å². The van der Waals surface area contributed by atoms with E-state index in [9.17, 15) is 14.4 Å². The molecule has 10 nitrogen and oxygen atoms in total. The SMILES string of the molecule is CCc1ccccc1NC(=O)CCc1nc(-c2nn(-c3ccc(C)cc3)c(=O)n(CC)c2=O)no1. The molecule has 2 aromatic carbocycles. The lowest BCUT2D eigenvalue weighted by atomic mass is 10.1. The number of carbonyl (C=O) groups excluding carboxylic acids is 1. The van der Waals surface area contributed by atoms with Crippen LogP contribution in [-0.4, -0.2) is 30.4 Å². The van der Waals surface area contributed by atoms with Crippen molar-refractivity contribution in [3.63, 3.8) is 0 Å². The molecule has 0 spiro atoms. The zero-order valence-electron chi connectivity index (χ0n) is 19.8. The topological polar surface area (TPSA) is 125 Å². The van der Waals surface area contributed by atoms with Gasteiger partial charge in [0.05, 0.1) is 5.69 Å². The van der Waals surface area contributed by atoms with E-state index in [1.165, 1.54) is 0 Å². The average molecular weight is 475 g/mol. The second-order valence-electron chi connectivity index (χ2n) is 8.00. The Kier molecular flexibility index (Phi) is 7.00. The normalized spacial score (nSPS) is 10.9. The lowest BCUT2D eigenvalue weighted by molar-refractivity contribution is -0.116. The summed E-state index contributed by atoms with van der Waals surface area (Å²) in [5, 5.41) is 11.0. The maximum absolute atomic E-state index is 12.9. The van der Waals surface area contributed by atoms with Crippen LogP contribution in [-0.2, 0) is 24.2 Å². The highest BCUT2D eigenvalue weighted by Gasteiger charge is 2.20. The molecular formula is C25H26N6O4. The summed E-state index contributed by atoms with van der Waals surface area (Å²) in [7, 11) is 0. The molecule has 180 valence electrons. The Morgan fingerprint density at radius 1 is 1.06 bits per heavy atom. The number of para-hydroxylation sites is 1. The number of anilines is 1. The first-order chi connectivity index (χ1) is 16.9. The summed E-state index contributed by atoms with van der Waals surface area (Å²) in [6, 6.07) is 14.8. The Morgan fingerprint density at radius 3 is 2.51 bits per heavy atom. The molecule has 0 saturated heterocycles. The van der Waals surface area contributed by atoms with E-state index in [0.29, 0.717) is 5.69 Å². The van der Waals surface area contributed by atoms with Crippen LogP contribution in [0.2, 0.25) is 0 Å². The van der Waals surface area contributed by atoms with Gasteiger partial charge in [-0.15, -0.1) is 0 Å². The zero-order valence-corrected chi connectivity index (χ0v) is 19.8. The molecule has 0 fully saturated rings. The van der Waals surface area contributed by atoms with Gasteiger partial charge in [-0.25, -0.2) is 4.79 Å². The third kappa shape index (κ3) is 5.11. The molecule has 4 aromatic rings. The van der Waals surface area contributed by atoms with Crippen molar-refractivity contribution < 1.29 is 9.32 Å². The quantitative estimate of drug-likeness (QED) is 0.416. The minimum atomic E-state index is -0.609. The fourth-order valence-electron chi connectivity index (χ4n) is 3.62. The van der Waals surface area contributed by atoms with Gasteiger partial charge in [-0.3, -0.25) is 14.2 Å². The number of amides is 1. The standard InChI is InChI=1S/C25H26N6O4/c1-4-17-8-6-7-9-19(17)26-20(32)14-15-21-27-23(29-35-21)22-24(33)30(5-2)25(34)31(28-22)18-12-10-16(3)11-13-18/h6-13H,4-5,14-15H2,1-3H3,(H,26,32). The lowest BCUT2D eigenvalue weighted by Crippen LogP contribution is -2.41. The summed E-state index contributed by atoms with van der Waals surface area (Å²) in [4.78, 5) is 42.4. The van der Waals surface area contributed by atoms with E-state index in [1.54, 1.807) is 19.1 Å². The molecule has 0 saturated carbocycles. The summed E-state index contributed by atoms with van der Waals surface area (Å²) in [6.45, 7) is 5.81. The Hall–Kier alpha value is -4.34. The zero-order chi connectivity index (χ0) is 24.9. The minimum Gasteiger partial charge on any atom is -0.339 e. The molecule has 35 heavy (non-hydrogen) atoms. The third-order valence-electron chi connectivity index (χ3n) is 5.57. The van der Waals surface area contributed by atoms with Crippen LogP contribution in [0.1, 0.15) is 37.3 Å². The maximum Gasteiger partial charge on any atom is 0.352 e. The number of carbonyl (C=O) groups is 1. The van der Waals surface area contributed by atoms with Crippen molar-refractivity contribution in [3.05, 3.63) is 86.4 Å². The number of benzene rings is 2. The highest BCUT2D eigenvalue weighted by atomic mass is 16.5. The van der Waals surface area contributed by atoms with Crippen LogP contribution in [0.15, 0.2) is 62.6 Å². The Labute approximate surface area is 201 Å². The molecule has 0 aliphatic rings. The van der Waals surface area contributed by atoms with E-state index in [0.717, 1.165) is 32.5 Å². The fraction of sp³-hybridized carbons (Fsp3) is 0.280. The number of hydrogen-bond acceptors (Lipinski definition) is 7. The van der Waals surface area contributed by atoms with Crippen LogP contribution >= 0.6 is 0 Å². The molecular weight excluding hydrogens is 448 g/mol. The molecule has 2 heterocycles. The van der Waals surface area contributed by atoms with Crippen LogP contribution in [0.4, 0.5) is 5.69 Å². The Bertz CT molecular complexity index is 1470. The first kappa shape index (κ1) is 23.8. The van der Waals surface area contributed by atoms with Gasteiger partial charge in [0.1, 0.15) is 0 Å². The van der Waals surface area contributed by atoms with Gasteiger partial charge in [-0.05, 0) is 44.0 Å². The lowest BCUT2D eigenvalue weighted by Gasteiger charge is -2.09.